The number of hydrogen-bond acceptors (Lipinski definition) is 5. The summed E-state index contributed by atoms with van der Waals surface area (Å²) in [6.07, 6.45) is 7.62. The van der Waals surface area contributed by atoms with Gasteiger partial charge in [0.2, 0.25) is 5.91 Å². The van der Waals surface area contributed by atoms with E-state index in [1.165, 1.54) is 22.2 Å². The van der Waals surface area contributed by atoms with Gasteiger partial charge in [-0.15, -0.1) is 17.8 Å². The maximum absolute atomic E-state index is 13.1. The normalized spacial score (nSPS) is 10.7. The van der Waals surface area contributed by atoms with Crippen molar-refractivity contribution < 1.29 is 9.53 Å². The number of thiophene rings is 1. The Kier molecular flexibility index (Phi) is 7.41. The number of ether oxygens (including phenoxy) is 1. The van der Waals surface area contributed by atoms with Crippen LogP contribution in [0.15, 0.2) is 65.0 Å². The Morgan fingerprint density at radius 3 is 2.68 bits per heavy atom. The number of carbonyl (C=O) groups excluding carboxylic acids is 1. The van der Waals surface area contributed by atoms with Crippen LogP contribution < -0.4 is 15.6 Å². The maximum atomic E-state index is 13.1. The van der Waals surface area contributed by atoms with E-state index in [0.717, 1.165) is 28.0 Å². The lowest BCUT2D eigenvalue weighted by Crippen LogP contribution is -2.29. The van der Waals surface area contributed by atoms with Gasteiger partial charge in [-0.05, 0) is 36.6 Å². The monoisotopic (exact) mass is 471 g/mol. The fourth-order valence-corrected chi connectivity index (χ4v) is 4.51. The van der Waals surface area contributed by atoms with E-state index in [4.69, 9.17) is 11.2 Å². The largest absolute Gasteiger partial charge is 0.481 e. The van der Waals surface area contributed by atoms with E-state index in [2.05, 4.69) is 16.2 Å². The zero-order chi connectivity index (χ0) is 23.9. The number of benzene rings is 2. The van der Waals surface area contributed by atoms with Crippen LogP contribution in [0, 0.1) is 19.3 Å². The highest BCUT2D eigenvalue weighted by Crippen LogP contribution is 2.30. The Labute approximate surface area is 202 Å². The van der Waals surface area contributed by atoms with Gasteiger partial charge in [-0.2, -0.15) is 0 Å². The van der Waals surface area contributed by atoms with Crippen molar-refractivity contribution in [3.8, 4) is 29.2 Å². The third-order valence-corrected chi connectivity index (χ3v) is 6.37. The molecule has 2 aromatic heterocycles. The van der Waals surface area contributed by atoms with Gasteiger partial charge in [-0.25, -0.2) is 4.98 Å². The average Bonchev–Trinajstić information content (AvgIpc) is 3.28. The number of terminal acetylenes is 1. The van der Waals surface area contributed by atoms with Crippen molar-refractivity contribution in [2.24, 2.45) is 0 Å². The standard InChI is InChI=1S/C27H25N3O3S/c1-3-16-33-22-10-6-20(7-11-22)12-14-28-24(31)13-15-30-18-29-26-25(27(30)32)23(17-34-26)21-8-4-19(2)5-9-21/h1,4-11,17-18H,12-16H2,2H3,(H,28,31). The molecule has 0 bridgehead atoms. The molecular formula is C27H25N3O3S. The Bertz CT molecular complexity index is 1380. The number of hydrogen-bond donors (Lipinski definition) is 1. The van der Waals surface area contributed by atoms with Crippen molar-refractivity contribution in [3.05, 3.63) is 81.7 Å². The molecule has 1 amide bonds. The van der Waals surface area contributed by atoms with Gasteiger partial charge in [-0.3, -0.25) is 14.2 Å². The predicted molar refractivity (Wildman–Crippen MR) is 136 cm³/mol. The van der Waals surface area contributed by atoms with Crippen LogP contribution in [0.2, 0.25) is 0 Å². The number of amides is 1. The third kappa shape index (κ3) is 5.53. The van der Waals surface area contributed by atoms with E-state index < -0.39 is 0 Å². The highest BCUT2D eigenvalue weighted by atomic mass is 32.1. The van der Waals surface area contributed by atoms with Crippen molar-refractivity contribution >= 4 is 27.5 Å². The second-order valence-electron chi connectivity index (χ2n) is 7.93. The Morgan fingerprint density at radius 1 is 1.18 bits per heavy atom. The minimum absolute atomic E-state index is 0.106. The van der Waals surface area contributed by atoms with Crippen molar-refractivity contribution in [1.29, 1.82) is 0 Å². The van der Waals surface area contributed by atoms with Gasteiger partial charge in [0.05, 0.1) is 11.7 Å². The van der Waals surface area contributed by atoms with Gasteiger partial charge in [-0.1, -0.05) is 47.9 Å². The fourth-order valence-electron chi connectivity index (χ4n) is 3.61. The highest BCUT2D eigenvalue weighted by Gasteiger charge is 2.14. The molecule has 0 fully saturated rings. The number of rotatable bonds is 9. The van der Waals surface area contributed by atoms with Crippen LogP contribution in [-0.2, 0) is 17.8 Å². The number of carbonyl (C=O) groups is 1. The van der Waals surface area contributed by atoms with Gasteiger partial charge >= 0.3 is 0 Å². The van der Waals surface area contributed by atoms with Crippen LogP contribution in [0.4, 0.5) is 0 Å². The van der Waals surface area contributed by atoms with Crippen LogP contribution in [-0.4, -0.2) is 28.6 Å². The Morgan fingerprint density at radius 2 is 1.94 bits per heavy atom. The maximum Gasteiger partial charge on any atom is 0.262 e. The SMILES string of the molecule is C#CCOc1ccc(CCNC(=O)CCn2cnc3scc(-c4ccc(C)cc4)c3c2=O)cc1. The van der Waals surface area contributed by atoms with E-state index in [1.54, 1.807) is 0 Å². The minimum Gasteiger partial charge on any atom is -0.481 e. The lowest BCUT2D eigenvalue weighted by Gasteiger charge is -2.08. The minimum atomic E-state index is -0.123. The summed E-state index contributed by atoms with van der Waals surface area (Å²) in [4.78, 5) is 30.6. The summed E-state index contributed by atoms with van der Waals surface area (Å²) in [6.45, 7) is 3.05. The summed E-state index contributed by atoms with van der Waals surface area (Å²) < 4.78 is 6.87. The van der Waals surface area contributed by atoms with Gasteiger partial charge in [0, 0.05) is 30.5 Å². The molecule has 6 nitrogen and oxygen atoms in total. The lowest BCUT2D eigenvalue weighted by atomic mass is 10.1. The summed E-state index contributed by atoms with van der Waals surface area (Å²) in [5, 5.41) is 5.48. The Balaban J connectivity index is 1.34. The molecule has 172 valence electrons. The summed E-state index contributed by atoms with van der Waals surface area (Å²) >= 11 is 1.45. The molecule has 34 heavy (non-hydrogen) atoms. The third-order valence-electron chi connectivity index (χ3n) is 5.48. The first-order valence-corrected chi connectivity index (χ1v) is 11.9. The smallest absolute Gasteiger partial charge is 0.262 e. The molecule has 1 N–H and O–H groups in total. The molecule has 0 atom stereocenters. The molecule has 0 aliphatic carbocycles. The summed E-state index contributed by atoms with van der Waals surface area (Å²) in [7, 11) is 0. The van der Waals surface area contributed by atoms with E-state index in [1.807, 2.05) is 60.8 Å². The zero-order valence-corrected chi connectivity index (χ0v) is 19.7. The molecule has 0 radical (unpaired) electrons. The lowest BCUT2D eigenvalue weighted by molar-refractivity contribution is -0.121. The van der Waals surface area contributed by atoms with Crippen molar-refractivity contribution in [3.63, 3.8) is 0 Å². The highest BCUT2D eigenvalue weighted by molar-refractivity contribution is 7.17. The number of nitrogens with one attached hydrogen (secondary N) is 1. The average molecular weight is 472 g/mol. The van der Waals surface area contributed by atoms with Crippen LogP contribution in [0.25, 0.3) is 21.3 Å². The summed E-state index contributed by atoms with van der Waals surface area (Å²) in [6, 6.07) is 15.7. The van der Waals surface area contributed by atoms with E-state index in [0.29, 0.717) is 23.2 Å². The van der Waals surface area contributed by atoms with Gasteiger partial charge in [0.15, 0.2) is 0 Å². The first kappa shape index (κ1) is 23.3. The van der Waals surface area contributed by atoms with E-state index >= 15 is 0 Å². The number of aromatic nitrogens is 2. The fraction of sp³-hybridized carbons (Fsp3) is 0.222. The van der Waals surface area contributed by atoms with Crippen LogP contribution >= 0.6 is 11.3 Å². The Hall–Kier alpha value is -3.89. The van der Waals surface area contributed by atoms with Gasteiger partial charge < -0.3 is 10.1 Å². The van der Waals surface area contributed by atoms with Crippen LogP contribution in [0.5, 0.6) is 5.75 Å². The van der Waals surface area contributed by atoms with Crippen LogP contribution in [0.1, 0.15) is 17.5 Å². The molecule has 0 aliphatic rings. The second kappa shape index (κ2) is 10.8. The summed E-state index contributed by atoms with van der Waals surface area (Å²) in [5.74, 6) is 3.04. The van der Waals surface area contributed by atoms with E-state index in [9.17, 15) is 9.59 Å². The first-order chi connectivity index (χ1) is 16.5. The molecule has 0 aliphatic heterocycles. The topological polar surface area (TPSA) is 73.2 Å². The molecule has 7 heteroatoms. The molecule has 2 aromatic carbocycles. The zero-order valence-electron chi connectivity index (χ0n) is 18.9. The molecular weight excluding hydrogens is 446 g/mol. The first-order valence-electron chi connectivity index (χ1n) is 11.0. The van der Waals surface area contributed by atoms with E-state index in [-0.39, 0.29) is 31.0 Å². The number of nitrogens with zero attached hydrogens (tertiary/aromatic N) is 2. The van der Waals surface area contributed by atoms with Crippen molar-refractivity contribution in [2.45, 2.75) is 26.3 Å². The second-order valence-corrected chi connectivity index (χ2v) is 8.78. The van der Waals surface area contributed by atoms with Gasteiger partial charge in [0.1, 0.15) is 17.2 Å². The van der Waals surface area contributed by atoms with Crippen LogP contribution in [0.3, 0.4) is 0 Å². The van der Waals surface area contributed by atoms with Crippen molar-refractivity contribution in [1.82, 2.24) is 14.9 Å². The van der Waals surface area contributed by atoms with Crippen molar-refractivity contribution in [2.75, 3.05) is 13.2 Å². The number of fused-ring (bicyclic) bond motifs is 1. The summed E-state index contributed by atoms with van der Waals surface area (Å²) in [5.41, 5.74) is 3.99. The quantitative estimate of drug-likeness (QED) is 0.372. The van der Waals surface area contributed by atoms with Gasteiger partial charge in [0.25, 0.3) is 5.56 Å². The predicted octanol–water partition coefficient (Wildman–Crippen LogP) is 4.19. The molecule has 2 heterocycles. The number of aryl methyl sites for hydroxylation is 2. The molecule has 4 rings (SSSR count). The molecule has 0 saturated carbocycles. The molecule has 0 unspecified atom stereocenters. The molecule has 0 spiro atoms. The molecule has 4 aromatic rings. The molecule has 0 saturated heterocycles.